The normalized spacial score (nSPS) is 14.7. The average molecular weight is 280 g/mol. The van der Waals surface area contributed by atoms with Crippen LogP contribution in [0, 0.1) is 5.92 Å². The van der Waals surface area contributed by atoms with E-state index in [1.807, 2.05) is 60.7 Å². The van der Waals surface area contributed by atoms with Gasteiger partial charge in [0, 0.05) is 25.6 Å². The number of hydrogen-bond acceptors (Lipinski definition) is 2. The standard InChI is InChI=1S/C18H20N2O/c21-18(20-13-14-11-19-12-14)17(15-7-3-1-4-8-15)16-9-5-2-6-10-16/h1-10,14,17,19H,11-13H2,(H,20,21). The van der Waals surface area contributed by atoms with Crippen molar-refractivity contribution < 1.29 is 4.79 Å². The zero-order chi connectivity index (χ0) is 14.5. The van der Waals surface area contributed by atoms with E-state index in [0.29, 0.717) is 5.92 Å². The van der Waals surface area contributed by atoms with Crippen LogP contribution >= 0.6 is 0 Å². The monoisotopic (exact) mass is 280 g/mol. The van der Waals surface area contributed by atoms with Gasteiger partial charge in [0.05, 0.1) is 5.92 Å². The Kier molecular flexibility index (Phi) is 4.31. The minimum absolute atomic E-state index is 0.0827. The number of rotatable bonds is 5. The molecule has 1 aliphatic heterocycles. The SMILES string of the molecule is O=C(NCC1CNC1)C(c1ccccc1)c1ccccc1. The predicted molar refractivity (Wildman–Crippen MR) is 84.1 cm³/mol. The molecule has 0 bridgehead atoms. The van der Waals surface area contributed by atoms with Crippen molar-refractivity contribution in [3.05, 3.63) is 71.8 Å². The number of carbonyl (C=O) groups is 1. The summed E-state index contributed by atoms with van der Waals surface area (Å²) in [6, 6.07) is 19.9. The number of benzene rings is 2. The first kappa shape index (κ1) is 13.8. The molecule has 0 atom stereocenters. The predicted octanol–water partition coefficient (Wildman–Crippen LogP) is 2.15. The average Bonchev–Trinajstić information content (AvgIpc) is 2.48. The topological polar surface area (TPSA) is 41.1 Å². The highest BCUT2D eigenvalue weighted by Gasteiger charge is 2.24. The van der Waals surface area contributed by atoms with Crippen molar-refractivity contribution in [2.45, 2.75) is 5.92 Å². The lowest BCUT2D eigenvalue weighted by Gasteiger charge is -2.28. The summed E-state index contributed by atoms with van der Waals surface area (Å²) in [5.74, 6) is 0.417. The molecule has 2 aromatic rings. The lowest BCUT2D eigenvalue weighted by Crippen LogP contribution is -2.48. The van der Waals surface area contributed by atoms with Gasteiger partial charge in [-0.05, 0) is 11.1 Å². The van der Waals surface area contributed by atoms with Gasteiger partial charge in [0.2, 0.25) is 5.91 Å². The molecule has 1 fully saturated rings. The quantitative estimate of drug-likeness (QED) is 0.881. The van der Waals surface area contributed by atoms with Gasteiger partial charge in [-0.3, -0.25) is 4.79 Å². The second-order valence-corrected chi connectivity index (χ2v) is 5.52. The van der Waals surface area contributed by atoms with Gasteiger partial charge in [0.25, 0.3) is 0 Å². The molecule has 3 rings (SSSR count). The van der Waals surface area contributed by atoms with Crippen LogP contribution in [0.25, 0.3) is 0 Å². The van der Waals surface area contributed by atoms with Gasteiger partial charge in [-0.25, -0.2) is 0 Å². The van der Waals surface area contributed by atoms with Crippen LogP contribution in [0.15, 0.2) is 60.7 Å². The largest absolute Gasteiger partial charge is 0.355 e. The van der Waals surface area contributed by atoms with Gasteiger partial charge in [-0.15, -0.1) is 0 Å². The van der Waals surface area contributed by atoms with Crippen molar-refractivity contribution >= 4 is 5.91 Å². The van der Waals surface area contributed by atoms with Crippen molar-refractivity contribution in [3.63, 3.8) is 0 Å². The molecule has 3 heteroatoms. The van der Waals surface area contributed by atoms with E-state index >= 15 is 0 Å². The fourth-order valence-corrected chi connectivity index (χ4v) is 2.63. The summed E-state index contributed by atoms with van der Waals surface area (Å²) in [6.45, 7) is 2.76. The number of carbonyl (C=O) groups excluding carboxylic acids is 1. The van der Waals surface area contributed by atoms with Gasteiger partial charge in [0.15, 0.2) is 0 Å². The fraction of sp³-hybridized carbons (Fsp3) is 0.278. The molecule has 0 aliphatic carbocycles. The zero-order valence-electron chi connectivity index (χ0n) is 12.0. The third kappa shape index (κ3) is 3.31. The van der Waals surface area contributed by atoms with Crippen LogP contribution in [0.5, 0.6) is 0 Å². The zero-order valence-corrected chi connectivity index (χ0v) is 12.0. The first-order chi connectivity index (χ1) is 10.3. The molecule has 21 heavy (non-hydrogen) atoms. The van der Waals surface area contributed by atoms with E-state index in [-0.39, 0.29) is 11.8 Å². The highest BCUT2D eigenvalue weighted by Crippen LogP contribution is 2.24. The van der Waals surface area contributed by atoms with Crippen LogP contribution in [0.2, 0.25) is 0 Å². The molecular formula is C18H20N2O. The Bertz CT molecular complexity index is 539. The molecule has 1 saturated heterocycles. The Morgan fingerprint density at radius 2 is 1.52 bits per heavy atom. The van der Waals surface area contributed by atoms with E-state index in [9.17, 15) is 4.79 Å². The molecule has 3 nitrogen and oxygen atoms in total. The molecular weight excluding hydrogens is 260 g/mol. The summed E-state index contributed by atoms with van der Waals surface area (Å²) in [4.78, 5) is 12.7. The molecule has 0 aromatic heterocycles. The molecule has 1 heterocycles. The highest BCUT2D eigenvalue weighted by molar-refractivity contribution is 5.87. The van der Waals surface area contributed by atoms with E-state index in [4.69, 9.17) is 0 Å². The van der Waals surface area contributed by atoms with E-state index in [1.165, 1.54) is 0 Å². The van der Waals surface area contributed by atoms with Gasteiger partial charge in [-0.1, -0.05) is 60.7 Å². The lowest BCUT2D eigenvalue weighted by molar-refractivity contribution is -0.121. The lowest BCUT2D eigenvalue weighted by atomic mass is 9.90. The van der Waals surface area contributed by atoms with E-state index in [2.05, 4.69) is 10.6 Å². The molecule has 0 radical (unpaired) electrons. The van der Waals surface area contributed by atoms with Crippen molar-refractivity contribution in [2.75, 3.05) is 19.6 Å². The number of nitrogens with one attached hydrogen (secondary N) is 2. The first-order valence-electron chi connectivity index (χ1n) is 7.43. The van der Waals surface area contributed by atoms with Gasteiger partial charge < -0.3 is 10.6 Å². The van der Waals surface area contributed by atoms with E-state index < -0.39 is 0 Å². The molecule has 0 unspecified atom stereocenters. The van der Waals surface area contributed by atoms with Crippen LogP contribution < -0.4 is 10.6 Å². The third-order valence-electron chi connectivity index (χ3n) is 3.96. The second kappa shape index (κ2) is 6.55. The van der Waals surface area contributed by atoms with Crippen molar-refractivity contribution in [3.8, 4) is 0 Å². The fourth-order valence-electron chi connectivity index (χ4n) is 2.63. The summed E-state index contributed by atoms with van der Waals surface area (Å²) in [5.41, 5.74) is 2.07. The summed E-state index contributed by atoms with van der Waals surface area (Å²) in [7, 11) is 0. The summed E-state index contributed by atoms with van der Waals surface area (Å²) < 4.78 is 0. The summed E-state index contributed by atoms with van der Waals surface area (Å²) in [6.07, 6.45) is 0. The van der Waals surface area contributed by atoms with Crippen LogP contribution in [0.3, 0.4) is 0 Å². The Hall–Kier alpha value is -2.13. The van der Waals surface area contributed by atoms with Crippen molar-refractivity contribution in [1.82, 2.24) is 10.6 Å². The third-order valence-corrected chi connectivity index (χ3v) is 3.96. The first-order valence-corrected chi connectivity index (χ1v) is 7.43. The van der Waals surface area contributed by atoms with Crippen LogP contribution in [0.4, 0.5) is 0 Å². The maximum atomic E-state index is 12.7. The number of amides is 1. The molecule has 2 N–H and O–H groups in total. The maximum Gasteiger partial charge on any atom is 0.232 e. The Morgan fingerprint density at radius 1 is 1.00 bits per heavy atom. The van der Waals surface area contributed by atoms with Gasteiger partial charge in [-0.2, -0.15) is 0 Å². The molecule has 0 spiro atoms. The maximum absolute atomic E-state index is 12.7. The Morgan fingerprint density at radius 3 is 1.95 bits per heavy atom. The van der Waals surface area contributed by atoms with Crippen LogP contribution in [0.1, 0.15) is 17.0 Å². The molecule has 2 aromatic carbocycles. The van der Waals surface area contributed by atoms with Gasteiger partial charge in [0.1, 0.15) is 0 Å². The number of hydrogen-bond donors (Lipinski definition) is 2. The van der Waals surface area contributed by atoms with Gasteiger partial charge >= 0.3 is 0 Å². The molecule has 0 saturated carbocycles. The van der Waals surface area contributed by atoms with E-state index in [1.54, 1.807) is 0 Å². The van der Waals surface area contributed by atoms with Crippen LogP contribution in [-0.4, -0.2) is 25.5 Å². The summed E-state index contributed by atoms with van der Waals surface area (Å²) >= 11 is 0. The van der Waals surface area contributed by atoms with Crippen molar-refractivity contribution in [2.24, 2.45) is 5.92 Å². The van der Waals surface area contributed by atoms with Crippen molar-refractivity contribution in [1.29, 1.82) is 0 Å². The second-order valence-electron chi connectivity index (χ2n) is 5.52. The minimum atomic E-state index is -0.236. The van der Waals surface area contributed by atoms with Crippen LogP contribution in [-0.2, 0) is 4.79 Å². The molecule has 108 valence electrons. The Balaban J connectivity index is 1.80. The minimum Gasteiger partial charge on any atom is -0.355 e. The molecule has 1 aliphatic rings. The summed E-state index contributed by atoms with van der Waals surface area (Å²) in [5, 5.41) is 6.33. The Labute approximate surface area is 125 Å². The highest BCUT2D eigenvalue weighted by atomic mass is 16.1. The smallest absolute Gasteiger partial charge is 0.232 e. The molecule has 1 amide bonds. The van der Waals surface area contributed by atoms with E-state index in [0.717, 1.165) is 30.8 Å².